The lowest BCUT2D eigenvalue weighted by molar-refractivity contribution is 0.475. The van der Waals surface area contributed by atoms with Gasteiger partial charge in [0.2, 0.25) is 0 Å². The van der Waals surface area contributed by atoms with Crippen molar-refractivity contribution in [1.82, 2.24) is 9.55 Å². The Balaban J connectivity index is 1.52. The van der Waals surface area contributed by atoms with Crippen LogP contribution in [0.4, 0.5) is 0 Å². The van der Waals surface area contributed by atoms with Crippen LogP contribution in [0.15, 0.2) is 85.3 Å². The Hall–Kier alpha value is -3.79. The van der Waals surface area contributed by atoms with Gasteiger partial charge in [-0.3, -0.25) is 0 Å². The second-order valence-corrected chi connectivity index (χ2v) is 6.51. The van der Waals surface area contributed by atoms with E-state index in [9.17, 15) is 5.11 Å². The van der Waals surface area contributed by atoms with E-state index < -0.39 is 0 Å². The molecule has 1 heterocycles. The first-order chi connectivity index (χ1) is 13.7. The molecule has 0 unspecified atom stereocenters. The van der Waals surface area contributed by atoms with E-state index in [1.54, 1.807) is 18.5 Å². The number of phenols is 1. The van der Waals surface area contributed by atoms with Crippen molar-refractivity contribution in [3.63, 3.8) is 0 Å². The predicted molar refractivity (Wildman–Crippen MR) is 112 cm³/mol. The fraction of sp³-hybridized carbons (Fsp3) is 0.0417. The number of aromatic hydroxyl groups is 1. The average Bonchev–Trinajstić information content (AvgIpc) is 3.14. The Bertz CT molecular complexity index is 1090. The van der Waals surface area contributed by atoms with Gasteiger partial charge in [-0.25, -0.2) is 4.98 Å². The second-order valence-electron chi connectivity index (χ2n) is 6.51. The van der Waals surface area contributed by atoms with Gasteiger partial charge in [-0.2, -0.15) is 0 Å². The number of hydrogen-bond donors (Lipinski definition) is 1. The van der Waals surface area contributed by atoms with E-state index in [1.165, 1.54) is 0 Å². The first kappa shape index (κ1) is 17.6. The molecule has 1 N–H and O–H groups in total. The fourth-order valence-corrected chi connectivity index (χ4v) is 2.91. The average molecular weight is 368 g/mol. The second kappa shape index (κ2) is 7.84. The lowest BCUT2D eigenvalue weighted by atomic mass is 10.0. The zero-order valence-corrected chi connectivity index (χ0v) is 15.5. The number of aryl methyl sites for hydroxylation is 1. The van der Waals surface area contributed by atoms with Crippen LogP contribution in [0.25, 0.3) is 23.3 Å². The Labute approximate surface area is 164 Å². The van der Waals surface area contributed by atoms with Crippen molar-refractivity contribution in [2.75, 3.05) is 0 Å². The van der Waals surface area contributed by atoms with Crippen LogP contribution in [-0.2, 0) is 7.05 Å². The smallest absolute Gasteiger partial charge is 0.135 e. The number of hydrogen-bond acceptors (Lipinski definition) is 3. The van der Waals surface area contributed by atoms with Crippen molar-refractivity contribution in [1.29, 1.82) is 0 Å². The molecule has 0 spiro atoms. The maximum atomic E-state index is 9.51. The van der Waals surface area contributed by atoms with E-state index in [0.717, 1.165) is 33.9 Å². The highest BCUT2D eigenvalue weighted by Crippen LogP contribution is 2.34. The van der Waals surface area contributed by atoms with Gasteiger partial charge < -0.3 is 14.4 Å². The number of aromatic nitrogens is 2. The van der Waals surface area contributed by atoms with E-state index in [0.29, 0.717) is 0 Å². The molecule has 3 aromatic carbocycles. The van der Waals surface area contributed by atoms with Crippen molar-refractivity contribution in [2.45, 2.75) is 0 Å². The van der Waals surface area contributed by atoms with Gasteiger partial charge in [-0.15, -0.1) is 0 Å². The third-order valence-electron chi connectivity index (χ3n) is 4.34. The monoisotopic (exact) mass is 368 g/mol. The van der Waals surface area contributed by atoms with Crippen molar-refractivity contribution >= 4 is 12.2 Å². The molecule has 4 nitrogen and oxygen atoms in total. The molecule has 4 heteroatoms. The molecule has 0 aliphatic rings. The SMILES string of the molecule is Cn1cnc(/C=C/c2ccc(Oc3ccccc3-c3ccc(O)cc3)cc2)c1. The van der Waals surface area contributed by atoms with Gasteiger partial charge in [0.05, 0.1) is 12.0 Å². The zero-order chi connectivity index (χ0) is 19.3. The van der Waals surface area contributed by atoms with Crippen LogP contribution in [0.1, 0.15) is 11.3 Å². The van der Waals surface area contributed by atoms with Crippen molar-refractivity contribution in [2.24, 2.45) is 7.05 Å². The van der Waals surface area contributed by atoms with Crippen molar-refractivity contribution in [3.8, 4) is 28.4 Å². The van der Waals surface area contributed by atoms with Gasteiger partial charge >= 0.3 is 0 Å². The van der Waals surface area contributed by atoms with Crippen LogP contribution < -0.4 is 4.74 Å². The summed E-state index contributed by atoms with van der Waals surface area (Å²) in [4.78, 5) is 4.28. The standard InChI is InChI=1S/C24H20N2O2/c1-26-16-20(25-17-26)11-6-18-7-14-22(15-8-18)28-24-5-3-2-4-23(24)19-9-12-21(27)13-10-19/h2-17,27H,1H3/b11-6+. The molecule has 4 rings (SSSR count). The molecule has 1 aromatic heterocycles. The predicted octanol–water partition coefficient (Wildman–Crippen LogP) is 5.76. The normalized spacial score (nSPS) is 11.0. The van der Waals surface area contributed by atoms with Crippen molar-refractivity contribution < 1.29 is 9.84 Å². The number of rotatable bonds is 5. The van der Waals surface area contributed by atoms with Gasteiger partial charge in [0.15, 0.2) is 0 Å². The lowest BCUT2D eigenvalue weighted by Gasteiger charge is -2.11. The maximum Gasteiger partial charge on any atom is 0.135 e. The number of nitrogens with zero attached hydrogens (tertiary/aromatic N) is 2. The molecule has 0 bridgehead atoms. The van der Waals surface area contributed by atoms with Crippen LogP contribution >= 0.6 is 0 Å². The van der Waals surface area contributed by atoms with E-state index in [4.69, 9.17) is 4.74 Å². The first-order valence-corrected chi connectivity index (χ1v) is 9.00. The summed E-state index contributed by atoms with van der Waals surface area (Å²) in [5.74, 6) is 1.78. The topological polar surface area (TPSA) is 47.3 Å². The molecule has 4 aromatic rings. The molecule has 28 heavy (non-hydrogen) atoms. The molecule has 0 amide bonds. The molecule has 0 fully saturated rings. The summed E-state index contributed by atoms with van der Waals surface area (Å²) in [5, 5.41) is 9.51. The molecule has 0 atom stereocenters. The molecule has 0 aliphatic heterocycles. The summed E-state index contributed by atoms with van der Waals surface area (Å²) >= 11 is 0. The third kappa shape index (κ3) is 4.13. The molecule has 0 aliphatic carbocycles. The molecule has 0 saturated heterocycles. The van der Waals surface area contributed by atoms with Gasteiger partial charge in [0, 0.05) is 18.8 Å². The summed E-state index contributed by atoms with van der Waals surface area (Å²) in [7, 11) is 1.95. The molecular formula is C24H20N2O2. The van der Waals surface area contributed by atoms with E-state index in [1.807, 2.05) is 90.6 Å². The summed E-state index contributed by atoms with van der Waals surface area (Å²) in [6, 6.07) is 22.9. The van der Waals surface area contributed by atoms with E-state index >= 15 is 0 Å². The number of benzene rings is 3. The van der Waals surface area contributed by atoms with Gasteiger partial charge in [-0.05, 0) is 47.5 Å². The lowest BCUT2D eigenvalue weighted by Crippen LogP contribution is -1.88. The van der Waals surface area contributed by atoms with Crippen LogP contribution in [0.5, 0.6) is 17.2 Å². The minimum Gasteiger partial charge on any atom is -0.508 e. The fourth-order valence-electron chi connectivity index (χ4n) is 2.91. The Morgan fingerprint density at radius 3 is 2.36 bits per heavy atom. The quantitative estimate of drug-likeness (QED) is 0.487. The summed E-state index contributed by atoms with van der Waals surface area (Å²) in [6.45, 7) is 0. The van der Waals surface area contributed by atoms with Crippen molar-refractivity contribution in [3.05, 3.63) is 96.6 Å². The molecule has 0 radical (unpaired) electrons. The Morgan fingerprint density at radius 1 is 0.893 bits per heavy atom. The van der Waals surface area contributed by atoms with E-state index in [-0.39, 0.29) is 5.75 Å². The van der Waals surface area contributed by atoms with E-state index in [2.05, 4.69) is 4.98 Å². The van der Waals surface area contributed by atoms with Crippen LogP contribution in [0.3, 0.4) is 0 Å². The van der Waals surface area contributed by atoms with Gasteiger partial charge in [0.1, 0.15) is 17.2 Å². The van der Waals surface area contributed by atoms with Gasteiger partial charge in [0.25, 0.3) is 0 Å². The maximum absolute atomic E-state index is 9.51. The largest absolute Gasteiger partial charge is 0.508 e. The summed E-state index contributed by atoms with van der Waals surface area (Å²) in [6.07, 6.45) is 7.75. The number of para-hydroxylation sites is 1. The summed E-state index contributed by atoms with van der Waals surface area (Å²) in [5.41, 5.74) is 3.96. The molecule has 138 valence electrons. The Morgan fingerprint density at radius 2 is 1.64 bits per heavy atom. The van der Waals surface area contributed by atoms with Crippen LogP contribution in [-0.4, -0.2) is 14.7 Å². The van der Waals surface area contributed by atoms with Crippen LogP contribution in [0.2, 0.25) is 0 Å². The number of ether oxygens (including phenoxy) is 1. The third-order valence-corrected chi connectivity index (χ3v) is 4.34. The molecular weight excluding hydrogens is 348 g/mol. The minimum atomic E-state index is 0.247. The molecule has 0 saturated carbocycles. The van der Waals surface area contributed by atoms with Gasteiger partial charge in [-0.1, -0.05) is 48.5 Å². The highest BCUT2D eigenvalue weighted by molar-refractivity contribution is 5.71. The zero-order valence-electron chi connectivity index (χ0n) is 15.5. The Kier molecular flexibility index (Phi) is 4.93. The summed E-state index contributed by atoms with van der Waals surface area (Å²) < 4.78 is 8.03. The number of phenolic OH excluding ortho intramolecular Hbond substituents is 1. The first-order valence-electron chi connectivity index (χ1n) is 9.00. The van der Waals surface area contributed by atoms with Crippen LogP contribution in [0, 0.1) is 0 Å². The number of imidazole rings is 1. The highest BCUT2D eigenvalue weighted by Gasteiger charge is 2.07. The minimum absolute atomic E-state index is 0.247. The highest BCUT2D eigenvalue weighted by atomic mass is 16.5.